The summed E-state index contributed by atoms with van der Waals surface area (Å²) in [5.74, 6) is 0.713. The molecule has 1 aromatic carbocycles. The molecule has 1 aliphatic rings. The zero-order chi connectivity index (χ0) is 16.5. The zero-order valence-electron chi connectivity index (χ0n) is 14.1. The number of guanidine groups is 1. The second kappa shape index (κ2) is 9.18. The quantitative estimate of drug-likeness (QED) is 0.481. The van der Waals surface area contributed by atoms with Gasteiger partial charge in [0.05, 0.1) is 0 Å². The molecule has 1 saturated heterocycles. The molecule has 5 heteroatoms. The molecule has 0 spiro atoms. The first-order valence-electron chi connectivity index (χ1n) is 8.62. The van der Waals surface area contributed by atoms with Crippen molar-refractivity contribution in [2.24, 2.45) is 10.7 Å². The summed E-state index contributed by atoms with van der Waals surface area (Å²) in [6, 6.07) is 8.19. The van der Waals surface area contributed by atoms with Gasteiger partial charge in [0.15, 0.2) is 5.96 Å². The lowest BCUT2D eigenvalue weighted by Gasteiger charge is -2.19. The Hall–Kier alpha value is -2.04. The first kappa shape index (κ1) is 17.3. The van der Waals surface area contributed by atoms with E-state index in [0.29, 0.717) is 18.9 Å². The van der Waals surface area contributed by atoms with Crippen LogP contribution in [0.3, 0.4) is 0 Å². The number of nitrogens with two attached hydrogens (primary N) is 1. The molecule has 126 valence electrons. The molecule has 1 fully saturated rings. The maximum Gasteiger partial charge on any atom is 0.222 e. The lowest BCUT2D eigenvalue weighted by molar-refractivity contribution is -0.130. The van der Waals surface area contributed by atoms with E-state index in [-0.39, 0.29) is 5.91 Å². The fourth-order valence-electron chi connectivity index (χ4n) is 2.75. The number of amides is 1. The summed E-state index contributed by atoms with van der Waals surface area (Å²) >= 11 is 0. The van der Waals surface area contributed by atoms with Gasteiger partial charge in [-0.1, -0.05) is 25.5 Å². The molecule has 1 heterocycles. The largest absolute Gasteiger partial charge is 0.370 e. The molecule has 1 amide bonds. The number of carbonyl (C=O) groups excluding carboxylic acids is 1. The Bertz CT molecular complexity index is 524. The van der Waals surface area contributed by atoms with E-state index in [1.54, 1.807) is 0 Å². The summed E-state index contributed by atoms with van der Waals surface area (Å²) in [5.41, 5.74) is 8.16. The molecular weight excluding hydrogens is 288 g/mol. The second-order valence-electron chi connectivity index (χ2n) is 5.99. The van der Waals surface area contributed by atoms with Crippen LogP contribution in [0.2, 0.25) is 0 Å². The molecule has 0 unspecified atom stereocenters. The van der Waals surface area contributed by atoms with Gasteiger partial charge >= 0.3 is 0 Å². The Kier molecular flexibility index (Phi) is 6.91. The van der Waals surface area contributed by atoms with Gasteiger partial charge in [0.25, 0.3) is 0 Å². The van der Waals surface area contributed by atoms with E-state index in [0.717, 1.165) is 50.9 Å². The van der Waals surface area contributed by atoms with Gasteiger partial charge in [-0.05, 0) is 43.4 Å². The Labute approximate surface area is 139 Å². The highest BCUT2D eigenvalue weighted by molar-refractivity contribution is 5.92. The number of nitrogens with zero attached hydrogens (tertiary/aromatic N) is 2. The average Bonchev–Trinajstić information content (AvgIpc) is 2.77. The third kappa shape index (κ3) is 5.93. The Morgan fingerprint density at radius 1 is 1.26 bits per heavy atom. The SMILES string of the molecule is CCc1ccc(NC(N)=NCCCN2CCCCCC2=O)cc1. The maximum atomic E-state index is 11.9. The van der Waals surface area contributed by atoms with Crippen molar-refractivity contribution >= 4 is 17.6 Å². The van der Waals surface area contributed by atoms with Crippen molar-refractivity contribution < 1.29 is 4.79 Å². The molecule has 5 nitrogen and oxygen atoms in total. The predicted molar refractivity (Wildman–Crippen MR) is 95.6 cm³/mol. The zero-order valence-corrected chi connectivity index (χ0v) is 14.1. The number of hydrogen-bond donors (Lipinski definition) is 2. The van der Waals surface area contributed by atoms with Crippen LogP contribution in [0, 0.1) is 0 Å². The third-order valence-corrected chi connectivity index (χ3v) is 4.17. The van der Waals surface area contributed by atoms with Crippen LogP contribution in [0.4, 0.5) is 5.69 Å². The molecule has 0 atom stereocenters. The minimum atomic E-state index is 0.286. The number of hydrogen-bond acceptors (Lipinski definition) is 2. The molecule has 0 aliphatic carbocycles. The Morgan fingerprint density at radius 2 is 2.04 bits per heavy atom. The molecule has 0 saturated carbocycles. The summed E-state index contributed by atoms with van der Waals surface area (Å²) in [5, 5.41) is 3.10. The number of carbonyl (C=O) groups is 1. The van der Waals surface area contributed by atoms with E-state index in [9.17, 15) is 4.79 Å². The fraction of sp³-hybridized carbons (Fsp3) is 0.556. The molecule has 3 N–H and O–H groups in total. The standard InChI is InChI=1S/C18H28N4O/c1-2-15-8-10-16(11-9-15)21-18(19)20-12-6-14-22-13-5-3-4-7-17(22)23/h8-11H,2-7,12-14H2,1H3,(H3,19,20,21). The normalized spacial score (nSPS) is 16.3. The molecule has 2 rings (SSSR count). The van der Waals surface area contributed by atoms with Crippen molar-refractivity contribution in [1.29, 1.82) is 0 Å². The fourth-order valence-corrected chi connectivity index (χ4v) is 2.75. The summed E-state index contributed by atoms with van der Waals surface area (Å²) in [6.45, 7) is 4.43. The first-order valence-corrected chi connectivity index (χ1v) is 8.62. The van der Waals surface area contributed by atoms with Crippen molar-refractivity contribution in [2.45, 2.75) is 45.4 Å². The van der Waals surface area contributed by atoms with Gasteiger partial charge in [-0.3, -0.25) is 9.79 Å². The molecule has 1 aromatic rings. The number of anilines is 1. The molecule has 0 bridgehead atoms. The van der Waals surface area contributed by atoms with Gasteiger partial charge in [-0.25, -0.2) is 0 Å². The number of aliphatic imine (C=N–C) groups is 1. The van der Waals surface area contributed by atoms with E-state index in [1.165, 1.54) is 5.56 Å². The van der Waals surface area contributed by atoms with Crippen molar-refractivity contribution in [3.05, 3.63) is 29.8 Å². The van der Waals surface area contributed by atoms with Gasteiger partial charge in [-0.15, -0.1) is 0 Å². The Balaban J connectivity index is 1.72. The van der Waals surface area contributed by atoms with Crippen molar-refractivity contribution in [3.8, 4) is 0 Å². The molecule has 0 aromatic heterocycles. The minimum Gasteiger partial charge on any atom is -0.370 e. The summed E-state index contributed by atoms with van der Waals surface area (Å²) in [7, 11) is 0. The number of aryl methyl sites for hydroxylation is 1. The monoisotopic (exact) mass is 316 g/mol. The molecule has 1 aliphatic heterocycles. The van der Waals surface area contributed by atoms with Crippen LogP contribution in [-0.2, 0) is 11.2 Å². The summed E-state index contributed by atoms with van der Waals surface area (Å²) in [4.78, 5) is 18.2. The number of nitrogens with one attached hydrogen (secondary N) is 1. The van der Waals surface area contributed by atoms with Crippen LogP contribution in [0.5, 0.6) is 0 Å². The van der Waals surface area contributed by atoms with E-state index in [2.05, 4.69) is 29.4 Å². The molecular formula is C18H28N4O. The molecule has 0 radical (unpaired) electrons. The highest BCUT2D eigenvalue weighted by Crippen LogP contribution is 2.11. The van der Waals surface area contributed by atoms with Gasteiger partial charge in [0, 0.05) is 31.7 Å². The average molecular weight is 316 g/mol. The smallest absolute Gasteiger partial charge is 0.222 e. The van der Waals surface area contributed by atoms with E-state index in [4.69, 9.17) is 5.73 Å². The van der Waals surface area contributed by atoms with Crippen LogP contribution < -0.4 is 11.1 Å². The van der Waals surface area contributed by atoms with Crippen LogP contribution in [0.25, 0.3) is 0 Å². The van der Waals surface area contributed by atoms with Crippen molar-refractivity contribution in [1.82, 2.24) is 4.90 Å². The van der Waals surface area contributed by atoms with Gasteiger partial charge in [-0.2, -0.15) is 0 Å². The van der Waals surface area contributed by atoms with Gasteiger partial charge in [0.2, 0.25) is 5.91 Å². The Morgan fingerprint density at radius 3 is 2.78 bits per heavy atom. The number of likely N-dealkylation sites (tertiary alicyclic amines) is 1. The molecule has 23 heavy (non-hydrogen) atoms. The minimum absolute atomic E-state index is 0.286. The van der Waals surface area contributed by atoms with Crippen LogP contribution in [0.1, 0.15) is 44.6 Å². The lowest BCUT2D eigenvalue weighted by atomic mass is 10.1. The van der Waals surface area contributed by atoms with E-state index < -0.39 is 0 Å². The van der Waals surface area contributed by atoms with Gasteiger partial charge < -0.3 is 16.0 Å². The number of rotatable bonds is 6. The van der Waals surface area contributed by atoms with Gasteiger partial charge in [0.1, 0.15) is 0 Å². The third-order valence-electron chi connectivity index (χ3n) is 4.17. The van der Waals surface area contributed by atoms with E-state index >= 15 is 0 Å². The summed E-state index contributed by atoms with van der Waals surface area (Å²) in [6.07, 6.45) is 5.88. The first-order chi connectivity index (χ1) is 11.2. The number of benzene rings is 1. The lowest BCUT2D eigenvalue weighted by Crippen LogP contribution is -2.31. The maximum absolute atomic E-state index is 11.9. The van der Waals surface area contributed by atoms with Crippen molar-refractivity contribution in [3.63, 3.8) is 0 Å². The van der Waals surface area contributed by atoms with Crippen LogP contribution in [-0.4, -0.2) is 36.4 Å². The topological polar surface area (TPSA) is 70.7 Å². The predicted octanol–water partition coefficient (Wildman–Crippen LogP) is 2.77. The van der Waals surface area contributed by atoms with E-state index in [1.807, 2.05) is 17.0 Å². The highest BCUT2D eigenvalue weighted by Gasteiger charge is 2.15. The van der Waals surface area contributed by atoms with Crippen LogP contribution >= 0.6 is 0 Å². The highest BCUT2D eigenvalue weighted by atomic mass is 16.2. The second-order valence-corrected chi connectivity index (χ2v) is 5.99. The van der Waals surface area contributed by atoms with Crippen LogP contribution in [0.15, 0.2) is 29.3 Å². The summed E-state index contributed by atoms with van der Waals surface area (Å²) < 4.78 is 0. The van der Waals surface area contributed by atoms with Crippen molar-refractivity contribution in [2.75, 3.05) is 25.0 Å².